The van der Waals surface area contributed by atoms with E-state index in [4.69, 9.17) is 9.84 Å². The lowest BCUT2D eigenvalue weighted by atomic mass is 10.0. The number of ether oxygens (including phenoxy) is 1. The molecule has 1 unspecified atom stereocenters. The SMILES string of the molecule is CC(NCCOc1ccccc1)(C(=O)O)C(F)(F)F. The fraction of sp³-hybridized carbons (Fsp3) is 0.417. The van der Waals surface area contributed by atoms with Crippen LogP contribution in [0, 0.1) is 0 Å². The van der Waals surface area contributed by atoms with Crippen molar-refractivity contribution in [3.63, 3.8) is 0 Å². The van der Waals surface area contributed by atoms with Crippen LogP contribution >= 0.6 is 0 Å². The molecule has 7 heteroatoms. The van der Waals surface area contributed by atoms with Gasteiger partial charge in [-0.15, -0.1) is 0 Å². The highest BCUT2D eigenvalue weighted by Crippen LogP contribution is 2.30. The number of carboxylic acid groups (broad SMARTS) is 1. The number of alkyl halides is 3. The lowest BCUT2D eigenvalue weighted by Crippen LogP contribution is -2.60. The standard InChI is InChI=1S/C12H14F3NO3/c1-11(10(17)18,12(13,14)15)16-7-8-19-9-5-3-2-4-6-9/h2-6,16H,7-8H2,1H3,(H,17,18). The van der Waals surface area contributed by atoms with Gasteiger partial charge in [0.1, 0.15) is 12.4 Å². The van der Waals surface area contributed by atoms with Crippen LogP contribution in [0.4, 0.5) is 13.2 Å². The van der Waals surface area contributed by atoms with E-state index in [-0.39, 0.29) is 13.2 Å². The Morgan fingerprint density at radius 1 is 1.32 bits per heavy atom. The van der Waals surface area contributed by atoms with Gasteiger partial charge in [0.2, 0.25) is 5.54 Å². The summed E-state index contributed by atoms with van der Waals surface area (Å²) in [7, 11) is 0. The van der Waals surface area contributed by atoms with E-state index in [0.29, 0.717) is 12.7 Å². The summed E-state index contributed by atoms with van der Waals surface area (Å²) in [5.41, 5.74) is -2.98. The highest BCUT2D eigenvalue weighted by atomic mass is 19.4. The average Bonchev–Trinajstić information content (AvgIpc) is 2.34. The van der Waals surface area contributed by atoms with Crippen LogP contribution in [-0.2, 0) is 4.79 Å². The van der Waals surface area contributed by atoms with Crippen molar-refractivity contribution in [3.05, 3.63) is 30.3 Å². The number of nitrogens with one attached hydrogen (secondary N) is 1. The topological polar surface area (TPSA) is 58.6 Å². The summed E-state index contributed by atoms with van der Waals surface area (Å²) in [4.78, 5) is 10.7. The molecule has 0 radical (unpaired) electrons. The molecular weight excluding hydrogens is 263 g/mol. The maximum atomic E-state index is 12.6. The fourth-order valence-electron chi connectivity index (χ4n) is 1.28. The third-order valence-corrected chi connectivity index (χ3v) is 2.59. The predicted octanol–water partition coefficient (Wildman–Crippen LogP) is 2.06. The Labute approximate surface area is 108 Å². The zero-order valence-electron chi connectivity index (χ0n) is 10.2. The minimum atomic E-state index is -4.88. The molecule has 0 saturated carbocycles. The van der Waals surface area contributed by atoms with E-state index in [9.17, 15) is 18.0 Å². The predicted molar refractivity (Wildman–Crippen MR) is 62.0 cm³/mol. The van der Waals surface area contributed by atoms with Crippen molar-refractivity contribution in [1.29, 1.82) is 0 Å². The monoisotopic (exact) mass is 277 g/mol. The Kier molecular flexibility index (Phi) is 4.77. The third kappa shape index (κ3) is 3.85. The lowest BCUT2D eigenvalue weighted by molar-refractivity contribution is -0.206. The molecule has 19 heavy (non-hydrogen) atoms. The molecule has 0 amide bonds. The molecule has 1 atom stereocenters. The first-order valence-electron chi connectivity index (χ1n) is 5.50. The van der Waals surface area contributed by atoms with Gasteiger partial charge in [0, 0.05) is 6.54 Å². The minimum Gasteiger partial charge on any atom is -0.492 e. The number of halogens is 3. The maximum absolute atomic E-state index is 12.6. The molecule has 1 aromatic carbocycles. The Balaban J connectivity index is 2.49. The fourth-order valence-corrected chi connectivity index (χ4v) is 1.28. The van der Waals surface area contributed by atoms with Gasteiger partial charge >= 0.3 is 12.1 Å². The molecule has 0 spiro atoms. The van der Waals surface area contributed by atoms with Gasteiger partial charge in [-0.05, 0) is 19.1 Å². The average molecular weight is 277 g/mol. The quantitative estimate of drug-likeness (QED) is 0.781. The molecule has 0 aliphatic carbocycles. The van der Waals surface area contributed by atoms with Crippen molar-refractivity contribution in [1.82, 2.24) is 5.32 Å². The van der Waals surface area contributed by atoms with Gasteiger partial charge in [0.15, 0.2) is 0 Å². The van der Waals surface area contributed by atoms with Crippen LogP contribution in [0.1, 0.15) is 6.92 Å². The van der Waals surface area contributed by atoms with E-state index in [1.807, 2.05) is 5.32 Å². The van der Waals surface area contributed by atoms with Crippen LogP contribution in [0.15, 0.2) is 30.3 Å². The summed E-state index contributed by atoms with van der Waals surface area (Å²) in [6, 6.07) is 8.52. The smallest absolute Gasteiger partial charge is 0.417 e. The van der Waals surface area contributed by atoms with Crippen molar-refractivity contribution >= 4 is 5.97 Å². The number of carbonyl (C=O) groups is 1. The second-order valence-corrected chi connectivity index (χ2v) is 4.02. The largest absolute Gasteiger partial charge is 0.492 e. The molecular formula is C12H14F3NO3. The van der Waals surface area contributed by atoms with Crippen molar-refractivity contribution in [2.75, 3.05) is 13.2 Å². The van der Waals surface area contributed by atoms with E-state index in [1.165, 1.54) is 0 Å². The van der Waals surface area contributed by atoms with Crippen molar-refractivity contribution in [3.8, 4) is 5.75 Å². The van der Waals surface area contributed by atoms with E-state index in [1.54, 1.807) is 30.3 Å². The van der Waals surface area contributed by atoms with Gasteiger partial charge in [-0.2, -0.15) is 13.2 Å². The van der Waals surface area contributed by atoms with E-state index in [2.05, 4.69) is 0 Å². The molecule has 0 aromatic heterocycles. The Hall–Kier alpha value is -1.76. The molecule has 0 bridgehead atoms. The molecule has 0 fully saturated rings. The van der Waals surface area contributed by atoms with Gasteiger partial charge in [-0.25, -0.2) is 4.79 Å². The Morgan fingerprint density at radius 2 is 1.89 bits per heavy atom. The highest BCUT2D eigenvalue weighted by Gasteiger charge is 2.57. The van der Waals surface area contributed by atoms with Crippen LogP contribution in [0.3, 0.4) is 0 Å². The van der Waals surface area contributed by atoms with Gasteiger partial charge in [-0.3, -0.25) is 5.32 Å². The zero-order chi connectivity index (χ0) is 14.5. The van der Waals surface area contributed by atoms with Crippen LogP contribution in [0.5, 0.6) is 5.75 Å². The number of hydrogen-bond donors (Lipinski definition) is 2. The van der Waals surface area contributed by atoms with Gasteiger partial charge in [0.25, 0.3) is 0 Å². The molecule has 1 aromatic rings. The Bertz CT molecular complexity index is 422. The number of aliphatic carboxylic acids is 1. The number of para-hydroxylation sites is 1. The van der Waals surface area contributed by atoms with Crippen LogP contribution in [-0.4, -0.2) is 35.9 Å². The van der Waals surface area contributed by atoms with Gasteiger partial charge < -0.3 is 9.84 Å². The Morgan fingerprint density at radius 3 is 2.37 bits per heavy atom. The summed E-state index contributed by atoms with van der Waals surface area (Å²) in [5, 5.41) is 10.6. The first-order valence-corrected chi connectivity index (χ1v) is 5.50. The lowest BCUT2D eigenvalue weighted by Gasteiger charge is -2.28. The molecule has 0 heterocycles. The summed E-state index contributed by atoms with van der Waals surface area (Å²) < 4.78 is 43.0. The third-order valence-electron chi connectivity index (χ3n) is 2.59. The van der Waals surface area contributed by atoms with E-state index < -0.39 is 17.7 Å². The number of hydrogen-bond acceptors (Lipinski definition) is 3. The molecule has 1 rings (SSSR count). The van der Waals surface area contributed by atoms with E-state index in [0.717, 1.165) is 0 Å². The van der Waals surface area contributed by atoms with E-state index >= 15 is 0 Å². The van der Waals surface area contributed by atoms with Crippen LogP contribution in [0.2, 0.25) is 0 Å². The summed E-state index contributed by atoms with van der Waals surface area (Å²) >= 11 is 0. The molecule has 0 aliphatic rings. The van der Waals surface area contributed by atoms with Gasteiger partial charge in [-0.1, -0.05) is 18.2 Å². The molecule has 0 saturated heterocycles. The van der Waals surface area contributed by atoms with Crippen LogP contribution in [0.25, 0.3) is 0 Å². The number of benzene rings is 1. The van der Waals surface area contributed by atoms with Crippen molar-refractivity contribution in [2.45, 2.75) is 18.6 Å². The highest BCUT2D eigenvalue weighted by molar-refractivity contribution is 5.79. The molecule has 106 valence electrons. The molecule has 4 nitrogen and oxygen atoms in total. The summed E-state index contributed by atoms with van der Waals surface area (Å²) in [5.74, 6) is -1.46. The molecule has 2 N–H and O–H groups in total. The second kappa shape index (κ2) is 5.92. The molecule has 0 aliphatic heterocycles. The first kappa shape index (κ1) is 15.3. The normalized spacial score (nSPS) is 14.7. The van der Waals surface area contributed by atoms with Crippen molar-refractivity contribution < 1.29 is 27.8 Å². The maximum Gasteiger partial charge on any atom is 0.417 e. The van der Waals surface area contributed by atoms with Crippen LogP contribution < -0.4 is 10.1 Å². The van der Waals surface area contributed by atoms with Gasteiger partial charge in [0.05, 0.1) is 0 Å². The summed E-state index contributed by atoms with van der Waals surface area (Å²) in [6.45, 7) is 0.276. The second-order valence-electron chi connectivity index (χ2n) is 4.02. The zero-order valence-corrected chi connectivity index (χ0v) is 10.2. The van der Waals surface area contributed by atoms with Crippen molar-refractivity contribution in [2.24, 2.45) is 0 Å². The minimum absolute atomic E-state index is 0.0665. The number of rotatable bonds is 6. The number of carboxylic acids is 1. The first-order chi connectivity index (χ1) is 8.77. The summed E-state index contributed by atoms with van der Waals surface area (Å²) in [6.07, 6.45) is -4.88.